The van der Waals surface area contributed by atoms with E-state index in [0.717, 1.165) is 29.4 Å². The van der Waals surface area contributed by atoms with Crippen molar-refractivity contribution in [3.8, 4) is 0 Å². The number of hydrogen-bond donors (Lipinski definition) is 1. The van der Waals surface area contributed by atoms with E-state index in [1.54, 1.807) is 0 Å². The molecule has 1 aromatic carbocycles. The summed E-state index contributed by atoms with van der Waals surface area (Å²) >= 11 is 0. The molecule has 1 N–H and O–H groups in total. The fraction of sp³-hybridized carbons (Fsp3) is 0.308. The summed E-state index contributed by atoms with van der Waals surface area (Å²) in [6.45, 7) is -0.349. The molecule has 0 spiro atoms. The Morgan fingerprint density at radius 1 is 1.29 bits per heavy atom. The predicted molar refractivity (Wildman–Crippen MR) is 79.6 cm³/mol. The first-order chi connectivity index (χ1) is 11.1. The van der Waals surface area contributed by atoms with Gasteiger partial charge < -0.3 is 5.32 Å². The first-order valence-electron chi connectivity index (χ1n) is 6.71. The number of likely N-dealkylation sites (tertiary alicyclic amines) is 1. The number of nitro benzene ring substituents is 1. The highest BCUT2D eigenvalue weighted by atomic mass is 32.2. The number of imide groups is 1. The van der Waals surface area contributed by atoms with E-state index in [1.807, 2.05) is 0 Å². The molecule has 11 heteroatoms. The van der Waals surface area contributed by atoms with Gasteiger partial charge >= 0.3 is 0 Å². The third kappa shape index (κ3) is 3.56. The Morgan fingerprint density at radius 2 is 1.88 bits per heavy atom. The van der Waals surface area contributed by atoms with E-state index < -0.39 is 43.1 Å². The number of benzene rings is 1. The molecular weight excluding hydrogens is 342 g/mol. The lowest BCUT2D eigenvalue weighted by molar-refractivity contribution is -0.387. The number of rotatable bonds is 5. The second kappa shape index (κ2) is 6.35. The highest BCUT2D eigenvalue weighted by molar-refractivity contribution is 7.90. The molecule has 0 aliphatic carbocycles. The number of nitrogens with one attached hydrogen (secondary N) is 1. The molecule has 0 atom stereocenters. The van der Waals surface area contributed by atoms with Crippen LogP contribution in [-0.2, 0) is 19.4 Å². The number of sulfone groups is 1. The smallest absolute Gasteiger partial charge is 0.288 e. The van der Waals surface area contributed by atoms with Crippen LogP contribution in [0.4, 0.5) is 5.69 Å². The highest BCUT2D eigenvalue weighted by Crippen LogP contribution is 2.25. The Balaban J connectivity index is 2.21. The zero-order valence-electron chi connectivity index (χ0n) is 12.5. The number of carbonyl (C=O) groups excluding carboxylic acids is 3. The van der Waals surface area contributed by atoms with Crippen LogP contribution in [0.5, 0.6) is 0 Å². The van der Waals surface area contributed by atoms with Crippen molar-refractivity contribution in [2.24, 2.45) is 0 Å². The zero-order valence-corrected chi connectivity index (χ0v) is 13.3. The maximum absolute atomic E-state index is 12.0. The van der Waals surface area contributed by atoms with Gasteiger partial charge in [-0.1, -0.05) is 0 Å². The standard InChI is InChI=1S/C13H13N3O7S/c1-24(22,23)10-3-2-8(6-9(10)16(20)21)13(19)14-7-15-11(17)4-5-12(15)18/h2-3,6H,4-5,7H2,1H3,(H,14,19). The normalized spacial score (nSPS) is 14.8. The maximum atomic E-state index is 12.0. The van der Waals surface area contributed by atoms with Gasteiger partial charge in [-0.25, -0.2) is 8.42 Å². The van der Waals surface area contributed by atoms with Crippen LogP contribution in [0.1, 0.15) is 23.2 Å². The van der Waals surface area contributed by atoms with Gasteiger partial charge in [0.2, 0.25) is 11.8 Å². The monoisotopic (exact) mass is 355 g/mol. The average molecular weight is 355 g/mol. The molecule has 1 aromatic rings. The fourth-order valence-corrected chi connectivity index (χ4v) is 3.00. The maximum Gasteiger partial charge on any atom is 0.288 e. The van der Waals surface area contributed by atoms with Gasteiger partial charge in [-0.05, 0) is 12.1 Å². The Bertz CT molecular complexity index is 831. The molecule has 0 saturated carbocycles. The predicted octanol–water partition coefficient (Wildman–Crippen LogP) is -0.165. The minimum absolute atomic E-state index is 0.0727. The third-order valence-corrected chi connectivity index (χ3v) is 4.51. The van der Waals surface area contributed by atoms with Crippen molar-refractivity contribution in [2.45, 2.75) is 17.7 Å². The number of hydrogen-bond acceptors (Lipinski definition) is 7. The minimum atomic E-state index is -3.83. The van der Waals surface area contributed by atoms with Gasteiger partial charge in [0.15, 0.2) is 9.84 Å². The SMILES string of the molecule is CS(=O)(=O)c1ccc(C(=O)NCN2C(=O)CCC2=O)cc1[N+](=O)[O-]. The summed E-state index contributed by atoms with van der Waals surface area (Å²) in [6.07, 6.45) is 0.964. The van der Waals surface area contributed by atoms with Crippen molar-refractivity contribution < 1.29 is 27.7 Å². The average Bonchev–Trinajstić information content (AvgIpc) is 2.82. The van der Waals surface area contributed by atoms with E-state index >= 15 is 0 Å². The van der Waals surface area contributed by atoms with Gasteiger partial charge in [0.05, 0.1) is 4.92 Å². The lowest BCUT2D eigenvalue weighted by Crippen LogP contribution is -2.40. The topological polar surface area (TPSA) is 144 Å². The minimum Gasteiger partial charge on any atom is -0.334 e. The van der Waals surface area contributed by atoms with Crippen LogP contribution in [0.15, 0.2) is 23.1 Å². The second-order valence-electron chi connectivity index (χ2n) is 5.09. The molecule has 1 aliphatic heterocycles. The Kier molecular flexibility index (Phi) is 4.64. The van der Waals surface area contributed by atoms with E-state index in [0.29, 0.717) is 0 Å². The van der Waals surface area contributed by atoms with Crippen LogP contribution < -0.4 is 5.32 Å². The molecule has 0 aromatic heterocycles. The van der Waals surface area contributed by atoms with E-state index in [2.05, 4.69) is 5.32 Å². The van der Waals surface area contributed by atoms with E-state index in [-0.39, 0.29) is 25.1 Å². The third-order valence-electron chi connectivity index (χ3n) is 3.37. The fourth-order valence-electron chi connectivity index (χ4n) is 2.17. The first kappa shape index (κ1) is 17.5. The van der Waals surface area contributed by atoms with Crippen LogP contribution in [0.3, 0.4) is 0 Å². The quantitative estimate of drug-likeness (QED) is 0.439. The molecule has 1 heterocycles. The van der Waals surface area contributed by atoms with E-state index in [4.69, 9.17) is 0 Å². The molecule has 1 fully saturated rings. The van der Waals surface area contributed by atoms with Crippen LogP contribution in [-0.4, -0.2) is 48.9 Å². The van der Waals surface area contributed by atoms with Crippen LogP contribution in [0, 0.1) is 10.1 Å². The molecule has 0 unspecified atom stereocenters. The van der Waals surface area contributed by atoms with Gasteiger partial charge in [0.1, 0.15) is 11.6 Å². The van der Waals surface area contributed by atoms with Crippen molar-refractivity contribution in [2.75, 3.05) is 12.9 Å². The summed E-state index contributed by atoms with van der Waals surface area (Å²) < 4.78 is 23.0. The molecule has 1 aliphatic rings. The number of nitro groups is 1. The summed E-state index contributed by atoms with van der Waals surface area (Å²) in [5.41, 5.74) is -0.883. The number of carbonyl (C=O) groups is 3. The molecule has 128 valence electrons. The zero-order chi connectivity index (χ0) is 18.1. The van der Waals surface area contributed by atoms with Crippen molar-refractivity contribution in [3.05, 3.63) is 33.9 Å². The van der Waals surface area contributed by atoms with E-state index in [9.17, 15) is 32.9 Å². The van der Waals surface area contributed by atoms with Gasteiger partial charge in [-0.3, -0.25) is 29.4 Å². The Labute approximate surface area is 136 Å². The summed E-state index contributed by atoms with van der Waals surface area (Å²) in [5, 5.41) is 13.3. The van der Waals surface area contributed by atoms with Crippen molar-refractivity contribution in [1.29, 1.82) is 0 Å². The summed E-state index contributed by atoms with van der Waals surface area (Å²) in [7, 11) is -3.83. The molecule has 2 rings (SSSR count). The van der Waals surface area contributed by atoms with E-state index in [1.165, 1.54) is 0 Å². The lowest BCUT2D eigenvalue weighted by atomic mass is 10.2. The summed E-state index contributed by atoms with van der Waals surface area (Å²) in [5.74, 6) is -1.61. The largest absolute Gasteiger partial charge is 0.334 e. The molecular formula is C13H13N3O7S. The second-order valence-corrected chi connectivity index (χ2v) is 7.08. The van der Waals surface area contributed by atoms with Gasteiger partial charge in [-0.15, -0.1) is 0 Å². The van der Waals surface area contributed by atoms with Gasteiger partial charge in [-0.2, -0.15) is 0 Å². The molecule has 10 nitrogen and oxygen atoms in total. The first-order valence-corrected chi connectivity index (χ1v) is 8.60. The van der Waals surface area contributed by atoms with Crippen molar-refractivity contribution >= 4 is 33.2 Å². The highest BCUT2D eigenvalue weighted by Gasteiger charge is 2.29. The number of nitrogens with zero attached hydrogens (tertiary/aromatic N) is 2. The summed E-state index contributed by atoms with van der Waals surface area (Å²) in [4.78, 5) is 45.4. The molecule has 0 radical (unpaired) electrons. The lowest BCUT2D eigenvalue weighted by Gasteiger charge is -2.14. The van der Waals surface area contributed by atoms with Gasteiger partial charge in [0.25, 0.3) is 11.6 Å². The molecule has 3 amide bonds. The Hall–Kier alpha value is -2.82. The van der Waals surface area contributed by atoms with Crippen LogP contribution in [0.2, 0.25) is 0 Å². The van der Waals surface area contributed by atoms with Crippen molar-refractivity contribution in [1.82, 2.24) is 10.2 Å². The number of amides is 3. The van der Waals surface area contributed by atoms with Crippen LogP contribution >= 0.6 is 0 Å². The van der Waals surface area contributed by atoms with Crippen molar-refractivity contribution in [3.63, 3.8) is 0 Å². The molecule has 1 saturated heterocycles. The van der Waals surface area contributed by atoms with Crippen LogP contribution in [0.25, 0.3) is 0 Å². The Morgan fingerprint density at radius 3 is 2.38 bits per heavy atom. The molecule has 24 heavy (non-hydrogen) atoms. The molecule has 0 bridgehead atoms. The summed E-state index contributed by atoms with van der Waals surface area (Å²) in [6, 6.07) is 2.92. The van der Waals surface area contributed by atoms with Gasteiger partial charge in [0, 0.05) is 30.7 Å².